The van der Waals surface area contributed by atoms with Crippen molar-refractivity contribution in [3.8, 4) is 23.3 Å². The molecule has 4 nitrogen and oxygen atoms in total. The van der Waals surface area contributed by atoms with Crippen LogP contribution in [-0.4, -0.2) is 0 Å². The second-order valence-corrected chi connectivity index (χ2v) is 6.53. The van der Waals surface area contributed by atoms with Gasteiger partial charge in [0, 0.05) is 12.1 Å². The summed E-state index contributed by atoms with van der Waals surface area (Å²) >= 11 is 3.05. The van der Waals surface area contributed by atoms with Gasteiger partial charge in [-0.25, -0.2) is 8.78 Å². The van der Waals surface area contributed by atoms with E-state index in [0.717, 1.165) is 23.8 Å². The Labute approximate surface area is 167 Å². The summed E-state index contributed by atoms with van der Waals surface area (Å²) in [5.74, 6) is -4.19. The van der Waals surface area contributed by atoms with Crippen molar-refractivity contribution in [2.24, 2.45) is 0 Å². The third kappa shape index (κ3) is 4.05. The molecule has 0 heterocycles. The molecule has 0 aliphatic heterocycles. The van der Waals surface area contributed by atoms with Gasteiger partial charge in [0.1, 0.15) is 18.5 Å². The van der Waals surface area contributed by atoms with E-state index in [-0.39, 0.29) is 28.1 Å². The number of nitrogens with two attached hydrogens (primary N) is 1. The quantitative estimate of drug-likeness (QED) is 0.402. The van der Waals surface area contributed by atoms with Crippen LogP contribution in [-0.2, 0) is 6.61 Å². The van der Waals surface area contributed by atoms with Crippen molar-refractivity contribution in [1.82, 2.24) is 0 Å². The zero-order chi connectivity index (χ0) is 20.3. The van der Waals surface area contributed by atoms with Crippen LogP contribution in [0.2, 0.25) is 0 Å². The molecule has 0 spiro atoms. The van der Waals surface area contributed by atoms with Crippen molar-refractivity contribution in [2.45, 2.75) is 6.61 Å². The zero-order valence-electron chi connectivity index (χ0n) is 14.2. The van der Waals surface area contributed by atoms with Crippen molar-refractivity contribution in [3.63, 3.8) is 0 Å². The van der Waals surface area contributed by atoms with Crippen LogP contribution in [0, 0.1) is 28.8 Å². The van der Waals surface area contributed by atoms with Gasteiger partial charge >= 0.3 is 0 Å². The number of benzene rings is 3. The fourth-order valence-corrected chi connectivity index (χ4v) is 2.85. The highest BCUT2D eigenvalue weighted by molar-refractivity contribution is 9.10. The number of halogens is 4. The standard InChI is InChI=1S/C20H12BrF3N2O2/c21-13-7-15(26)18(23)19(24)20(13)28-17-6-12(9-25)14(22)8-16(17)27-10-11-4-2-1-3-5-11/h1-8H,10,26H2. The van der Waals surface area contributed by atoms with Crippen LogP contribution < -0.4 is 15.2 Å². The number of nitriles is 1. The Kier molecular flexibility index (Phi) is 5.76. The first-order valence-corrected chi connectivity index (χ1v) is 8.71. The molecule has 0 aliphatic rings. The molecule has 0 saturated heterocycles. The number of nitrogen functional groups attached to an aromatic ring is 1. The minimum absolute atomic E-state index is 0.0424. The second-order valence-electron chi connectivity index (χ2n) is 5.67. The van der Waals surface area contributed by atoms with E-state index in [1.165, 1.54) is 0 Å². The molecule has 3 rings (SSSR count). The van der Waals surface area contributed by atoms with Crippen molar-refractivity contribution >= 4 is 21.6 Å². The average molecular weight is 449 g/mol. The summed E-state index contributed by atoms with van der Waals surface area (Å²) in [6, 6.07) is 13.8. The van der Waals surface area contributed by atoms with E-state index in [0.29, 0.717) is 0 Å². The summed E-state index contributed by atoms with van der Waals surface area (Å²) in [5, 5.41) is 9.05. The smallest absolute Gasteiger partial charge is 0.204 e. The van der Waals surface area contributed by atoms with Gasteiger partial charge in [-0.1, -0.05) is 30.3 Å². The molecule has 0 saturated carbocycles. The molecule has 0 fully saturated rings. The Morgan fingerprint density at radius 2 is 1.71 bits per heavy atom. The van der Waals surface area contributed by atoms with E-state index in [1.54, 1.807) is 30.3 Å². The predicted octanol–water partition coefficient (Wildman–Crippen LogP) is 5.69. The zero-order valence-corrected chi connectivity index (χ0v) is 15.8. The molecule has 28 heavy (non-hydrogen) atoms. The Hall–Kier alpha value is -3.18. The van der Waals surface area contributed by atoms with Crippen LogP contribution >= 0.6 is 15.9 Å². The van der Waals surface area contributed by atoms with Gasteiger partial charge in [-0.3, -0.25) is 0 Å². The van der Waals surface area contributed by atoms with Gasteiger partial charge < -0.3 is 15.2 Å². The SMILES string of the molecule is N#Cc1cc(Oc2c(Br)cc(N)c(F)c2F)c(OCc2ccccc2)cc1F. The van der Waals surface area contributed by atoms with E-state index < -0.39 is 28.9 Å². The summed E-state index contributed by atoms with van der Waals surface area (Å²) in [4.78, 5) is 0. The Bertz CT molecular complexity index is 1070. The van der Waals surface area contributed by atoms with Gasteiger partial charge in [-0.2, -0.15) is 9.65 Å². The summed E-state index contributed by atoms with van der Waals surface area (Å²) in [5.41, 5.74) is 5.42. The van der Waals surface area contributed by atoms with Crippen molar-refractivity contribution in [2.75, 3.05) is 5.73 Å². The minimum atomic E-state index is -1.33. The summed E-state index contributed by atoms with van der Waals surface area (Å²) < 4.78 is 53.2. The van der Waals surface area contributed by atoms with E-state index in [4.69, 9.17) is 20.5 Å². The Morgan fingerprint density at radius 3 is 2.39 bits per heavy atom. The first-order chi connectivity index (χ1) is 13.4. The normalized spacial score (nSPS) is 10.4. The van der Waals surface area contributed by atoms with Crippen LogP contribution in [0.3, 0.4) is 0 Å². The molecule has 0 amide bonds. The van der Waals surface area contributed by atoms with Crippen LogP contribution in [0.1, 0.15) is 11.1 Å². The summed E-state index contributed by atoms with van der Waals surface area (Å²) in [7, 11) is 0. The maximum atomic E-state index is 14.3. The molecular formula is C20H12BrF3N2O2. The van der Waals surface area contributed by atoms with Gasteiger partial charge in [-0.15, -0.1) is 0 Å². The lowest BCUT2D eigenvalue weighted by molar-refractivity contribution is 0.287. The third-order valence-corrected chi connectivity index (χ3v) is 4.34. The van der Waals surface area contributed by atoms with Gasteiger partial charge in [-0.05, 0) is 27.6 Å². The number of anilines is 1. The van der Waals surface area contributed by atoms with Gasteiger partial charge in [0.05, 0.1) is 15.7 Å². The van der Waals surface area contributed by atoms with E-state index >= 15 is 0 Å². The molecular weight excluding hydrogens is 437 g/mol. The molecule has 0 aromatic heterocycles. The fraction of sp³-hybridized carbons (Fsp3) is 0.0500. The molecule has 0 bridgehead atoms. The average Bonchev–Trinajstić information content (AvgIpc) is 2.69. The number of nitrogens with zero attached hydrogens (tertiary/aromatic N) is 1. The van der Waals surface area contributed by atoms with E-state index in [1.807, 2.05) is 6.07 Å². The lowest BCUT2D eigenvalue weighted by Crippen LogP contribution is -2.02. The largest absolute Gasteiger partial charge is 0.485 e. The van der Waals surface area contributed by atoms with Crippen molar-refractivity contribution in [1.29, 1.82) is 5.26 Å². The Balaban J connectivity index is 2.00. The molecule has 0 aliphatic carbocycles. The first kappa shape index (κ1) is 19.6. The van der Waals surface area contributed by atoms with Crippen LogP contribution in [0.15, 0.2) is 53.0 Å². The molecule has 3 aromatic carbocycles. The fourth-order valence-electron chi connectivity index (χ4n) is 2.35. The summed E-state index contributed by atoms with van der Waals surface area (Å²) in [6.45, 7) is 0.0717. The molecule has 0 radical (unpaired) electrons. The highest BCUT2D eigenvalue weighted by atomic mass is 79.9. The van der Waals surface area contributed by atoms with Crippen molar-refractivity contribution in [3.05, 3.63) is 81.6 Å². The monoisotopic (exact) mass is 448 g/mol. The molecule has 3 aromatic rings. The van der Waals surface area contributed by atoms with Gasteiger partial charge in [0.15, 0.2) is 23.1 Å². The number of hydrogen-bond donors (Lipinski definition) is 1. The number of rotatable bonds is 5. The first-order valence-electron chi connectivity index (χ1n) is 7.92. The maximum absolute atomic E-state index is 14.3. The van der Waals surface area contributed by atoms with E-state index in [2.05, 4.69) is 15.9 Å². The predicted molar refractivity (Wildman–Crippen MR) is 100 cm³/mol. The lowest BCUT2D eigenvalue weighted by atomic mass is 10.2. The molecule has 0 atom stereocenters. The molecule has 8 heteroatoms. The number of hydrogen-bond acceptors (Lipinski definition) is 4. The molecule has 0 unspecified atom stereocenters. The highest BCUT2D eigenvalue weighted by Gasteiger charge is 2.21. The van der Waals surface area contributed by atoms with Crippen molar-refractivity contribution < 1.29 is 22.6 Å². The number of ether oxygens (including phenoxy) is 2. The van der Waals surface area contributed by atoms with Gasteiger partial charge in [0.2, 0.25) is 5.82 Å². The van der Waals surface area contributed by atoms with Crippen LogP contribution in [0.4, 0.5) is 18.9 Å². The van der Waals surface area contributed by atoms with Crippen LogP contribution in [0.5, 0.6) is 17.2 Å². The van der Waals surface area contributed by atoms with E-state index in [9.17, 15) is 13.2 Å². The maximum Gasteiger partial charge on any atom is 0.204 e. The minimum Gasteiger partial charge on any atom is -0.485 e. The summed E-state index contributed by atoms with van der Waals surface area (Å²) in [6.07, 6.45) is 0. The molecule has 2 N–H and O–H groups in total. The van der Waals surface area contributed by atoms with Gasteiger partial charge in [0.25, 0.3) is 0 Å². The third-order valence-electron chi connectivity index (χ3n) is 3.75. The highest BCUT2D eigenvalue weighted by Crippen LogP contribution is 2.40. The van der Waals surface area contributed by atoms with Crippen LogP contribution in [0.25, 0.3) is 0 Å². The second kappa shape index (κ2) is 8.23. The lowest BCUT2D eigenvalue weighted by Gasteiger charge is -2.15. The topological polar surface area (TPSA) is 68.3 Å². The Morgan fingerprint density at radius 1 is 1.00 bits per heavy atom. The molecule has 142 valence electrons.